The standard InChI is InChI=1S/3C10H14N2O2.Fe/c3*1-2-3-5-12-10(14)8-4-6-11-7-9(8)13;/h3*4,6-7,13H,2-3,5H2,1H3,(H,12,14);. The third-order valence-electron chi connectivity index (χ3n) is 5.58. The van der Waals surface area contributed by atoms with Crippen LogP contribution in [0.5, 0.6) is 17.2 Å². The maximum atomic E-state index is 11.4. The van der Waals surface area contributed by atoms with Crippen molar-refractivity contribution in [2.24, 2.45) is 0 Å². The number of unbranched alkanes of at least 4 members (excludes halogenated alkanes) is 3. The summed E-state index contributed by atoms with van der Waals surface area (Å²) in [6.07, 6.45) is 14.1. The maximum absolute atomic E-state index is 11.4. The summed E-state index contributed by atoms with van der Waals surface area (Å²) in [6, 6.07) is 4.49. The normalized spacial score (nSPS) is 9.56. The number of aromatic nitrogens is 3. The van der Waals surface area contributed by atoms with E-state index in [-0.39, 0.29) is 68.7 Å². The summed E-state index contributed by atoms with van der Waals surface area (Å²) >= 11 is 0. The third kappa shape index (κ3) is 15.5. The summed E-state index contributed by atoms with van der Waals surface area (Å²) < 4.78 is 0. The average Bonchev–Trinajstić information content (AvgIpc) is 2.99. The molecule has 0 fully saturated rings. The van der Waals surface area contributed by atoms with Crippen LogP contribution in [-0.2, 0) is 17.1 Å². The molecular formula is C30H42FeN6O6. The average molecular weight is 639 g/mol. The predicted octanol–water partition coefficient (Wildman–Crippen LogP) is 3.95. The predicted molar refractivity (Wildman–Crippen MR) is 159 cm³/mol. The Balaban J connectivity index is 0.000000608. The van der Waals surface area contributed by atoms with Gasteiger partial charge < -0.3 is 31.3 Å². The van der Waals surface area contributed by atoms with E-state index in [1.54, 1.807) is 0 Å². The molecule has 0 unspecified atom stereocenters. The Labute approximate surface area is 263 Å². The number of amides is 3. The van der Waals surface area contributed by atoms with E-state index in [1.807, 2.05) is 0 Å². The molecule has 12 nitrogen and oxygen atoms in total. The van der Waals surface area contributed by atoms with E-state index in [9.17, 15) is 29.7 Å². The first-order valence-electron chi connectivity index (χ1n) is 14.0. The van der Waals surface area contributed by atoms with Crippen LogP contribution in [0.4, 0.5) is 0 Å². The molecule has 0 aromatic carbocycles. The van der Waals surface area contributed by atoms with Crippen molar-refractivity contribution in [3.8, 4) is 17.2 Å². The fourth-order valence-corrected chi connectivity index (χ4v) is 3.16. The number of aromatic hydroxyl groups is 3. The molecular weight excluding hydrogens is 596 g/mol. The zero-order valence-electron chi connectivity index (χ0n) is 24.8. The minimum Gasteiger partial charge on any atom is -0.505 e. The van der Waals surface area contributed by atoms with E-state index in [4.69, 9.17) is 0 Å². The van der Waals surface area contributed by atoms with Gasteiger partial charge in [0.25, 0.3) is 17.7 Å². The van der Waals surface area contributed by atoms with Crippen LogP contribution in [0.25, 0.3) is 0 Å². The maximum Gasteiger partial charge on any atom is 0.255 e. The Kier molecular flexibility index (Phi) is 21.1. The minimum atomic E-state index is -0.252. The molecule has 0 saturated heterocycles. The number of hydrogen-bond acceptors (Lipinski definition) is 9. The second kappa shape index (κ2) is 23.4. The molecule has 43 heavy (non-hydrogen) atoms. The van der Waals surface area contributed by atoms with Gasteiger partial charge in [0.1, 0.15) is 17.2 Å². The van der Waals surface area contributed by atoms with E-state index < -0.39 is 0 Å². The van der Waals surface area contributed by atoms with Gasteiger partial charge >= 0.3 is 0 Å². The number of rotatable bonds is 12. The van der Waals surface area contributed by atoms with Crippen molar-refractivity contribution in [1.29, 1.82) is 0 Å². The molecule has 0 bridgehead atoms. The molecule has 236 valence electrons. The summed E-state index contributed by atoms with van der Waals surface area (Å²) in [4.78, 5) is 45.4. The third-order valence-corrected chi connectivity index (χ3v) is 5.58. The molecule has 0 radical (unpaired) electrons. The summed E-state index contributed by atoms with van der Waals surface area (Å²) in [5.41, 5.74) is 0.823. The van der Waals surface area contributed by atoms with Crippen LogP contribution in [0.2, 0.25) is 0 Å². The second-order valence-corrected chi connectivity index (χ2v) is 9.01. The van der Waals surface area contributed by atoms with Crippen molar-refractivity contribution in [1.82, 2.24) is 30.9 Å². The van der Waals surface area contributed by atoms with Crippen molar-refractivity contribution in [2.75, 3.05) is 19.6 Å². The zero-order chi connectivity index (χ0) is 31.2. The Morgan fingerprint density at radius 2 is 0.814 bits per heavy atom. The number of carbonyl (C=O) groups excluding carboxylic acids is 3. The number of carbonyl (C=O) groups is 3. The molecule has 3 aromatic rings. The zero-order valence-corrected chi connectivity index (χ0v) is 25.9. The fraction of sp³-hybridized carbons (Fsp3) is 0.400. The van der Waals surface area contributed by atoms with Crippen LogP contribution < -0.4 is 16.0 Å². The summed E-state index contributed by atoms with van der Waals surface area (Å²) in [5, 5.41) is 36.1. The SMILES string of the molecule is CCCCNC(=O)c1ccncc1O.CCCCNC(=O)c1ccncc1O.CCCCNC(=O)c1ccncc1O.[Fe]. The monoisotopic (exact) mass is 638 g/mol. The minimum absolute atomic E-state index is 0. The van der Waals surface area contributed by atoms with Crippen LogP contribution in [0.15, 0.2) is 55.4 Å². The van der Waals surface area contributed by atoms with E-state index in [0.29, 0.717) is 19.6 Å². The molecule has 3 amide bonds. The van der Waals surface area contributed by atoms with Crippen LogP contribution in [0.3, 0.4) is 0 Å². The topological polar surface area (TPSA) is 187 Å². The molecule has 0 aliphatic carbocycles. The van der Waals surface area contributed by atoms with Gasteiger partial charge in [-0.1, -0.05) is 40.0 Å². The van der Waals surface area contributed by atoms with E-state index in [0.717, 1.165) is 38.5 Å². The molecule has 0 aliphatic rings. The number of pyridine rings is 3. The Morgan fingerprint density at radius 1 is 0.558 bits per heavy atom. The van der Waals surface area contributed by atoms with Crippen molar-refractivity contribution in [3.63, 3.8) is 0 Å². The van der Waals surface area contributed by atoms with Crippen LogP contribution in [0.1, 0.15) is 90.4 Å². The quantitative estimate of drug-likeness (QED) is 0.126. The van der Waals surface area contributed by atoms with Gasteiger partial charge in [0.05, 0.1) is 35.3 Å². The summed E-state index contributed by atoms with van der Waals surface area (Å²) in [7, 11) is 0. The van der Waals surface area contributed by atoms with Gasteiger partial charge in [0, 0.05) is 55.3 Å². The van der Waals surface area contributed by atoms with E-state index >= 15 is 0 Å². The first-order valence-corrected chi connectivity index (χ1v) is 14.0. The molecule has 0 saturated carbocycles. The molecule has 13 heteroatoms. The summed E-state index contributed by atoms with van der Waals surface area (Å²) in [5.74, 6) is -1.00. The smallest absolute Gasteiger partial charge is 0.255 e. The molecule has 3 heterocycles. The van der Waals surface area contributed by atoms with Gasteiger partial charge in [0.15, 0.2) is 0 Å². The van der Waals surface area contributed by atoms with Crippen LogP contribution >= 0.6 is 0 Å². The van der Waals surface area contributed by atoms with Crippen molar-refractivity contribution < 1.29 is 46.8 Å². The van der Waals surface area contributed by atoms with Gasteiger partial charge in [-0.25, -0.2) is 0 Å². The first-order chi connectivity index (χ1) is 20.3. The summed E-state index contributed by atoms with van der Waals surface area (Å²) in [6.45, 7) is 8.06. The van der Waals surface area contributed by atoms with Crippen molar-refractivity contribution in [3.05, 3.63) is 72.1 Å². The molecule has 3 rings (SSSR count). The Hall–Kier alpha value is -4.22. The van der Waals surface area contributed by atoms with Gasteiger partial charge in [-0.05, 0) is 37.5 Å². The number of nitrogens with zero attached hydrogens (tertiary/aromatic N) is 3. The number of nitrogens with one attached hydrogen (secondary N) is 3. The fourth-order valence-electron chi connectivity index (χ4n) is 3.16. The second-order valence-electron chi connectivity index (χ2n) is 9.01. The van der Waals surface area contributed by atoms with Gasteiger partial charge in [-0.15, -0.1) is 0 Å². The molecule has 0 atom stereocenters. The van der Waals surface area contributed by atoms with E-state index in [1.165, 1.54) is 55.4 Å². The molecule has 0 aliphatic heterocycles. The first kappa shape index (κ1) is 38.8. The van der Waals surface area contributed by atoms with Gasteiger partial charge in [-0.3, -0.25) is 29.3 Å². The Bertz CT molecular complexity index is 1100. The van der Waals surface area contributed by atoms with Crippen LogP contribution in [0, 0.1) is 0 Å². The molecule has 6 N–H and O–H groups in total. The molecule has 0 spiro atoms. The van der Waals surface area contributed by atoms with Gasteiger partial charge in [0.2, 0.25) is 0 Å². The molecule has 3 aromatic heterocycles. The largest absolute Gasteiger partial charge is 0.505 e. The van der Waals surface area contributed by atoms with Crippen molar-refractivity contribution in [2.45, 2.75) is 59.3 Å². The van der Waals surface area contributed by atoms with E-state index in [2.05, 4.69) is 51.7 Å². The Morgan fingerprint density at radius 3 is 1.02 bits per heavy atom. The number of hydrogen-bond donors (Lipinski definition) is 6. The van der Waals surface area contributed by atoms with Crippen molar-refractivity contribution >= 4 is 17.7 Å². The van der Waals surface area contributed by atoms with Gasteiger partial charge in [-0.2, -0.15) is 0 Å². The van der Waals surface area contributed by atoms with Crippen LogP contribution in [-0.4, -0.2) is 67.6 Å².